The Balaban J connectivity index is 2.38. The summed E-state index contributed by atoms with van der Waals surface area (Å²) in [6, 6.07) is 3.45. The van der Waals surface area contributed by atoms with E-state index in [1.165, 1.54) is 26.2 Å². The zero-order valence-corrected chi connectivity index (χ0v) is 13.6. The SMILES string of the molecule is COc1c(CC2CCCNC2)ccc(S(C)(=O)=O)c1OC. The summed E-state index contributed by atoms with van der Waals surface area (Å²) in [5, 5.41) is 3.39. The quantitative estimate of drug-likeness (QED) is 0.895. The number of ether oxygens (including phenoxy) is 2. The van der Waals surface area contributed by atoms with Crippen LogP contribution in [0.3, 0.4) is 0 Å². The van der Waals surface area contributed by atoms with Crippen molar-refractivity contribution >= 4 is 9.84 Å². The molecule has 1 N–H and O–H groups in total. The summed E-state index contributed by atoms with van der Waals surface area (Å²) in [6.45, 7) is 2.06. The largest absolute Gasteiger partial charge is 0.493 e. The third kappa shape index (κ3) is 3.68. The summed E-state index contributed by atoms with van der Waals surface area (Å²) in [5.74, 6) is 1.38. The fourth-order valence-corrected chi connectivity index (χ4v) is 3.69. The normalized spacial score (nSPS) is 19.3. The van der Waals surface area contributed by atoms with Gasteiger partial charge in [-0.05, 0) is 49.9 Å². The molecule has 1 aliphatic rings. The highest BCUT2D eigenvalue weighted by molar-refractivity contribution is 7.90. The molecule has 21 heavy (non-hydrogen) atoms. The lowest BCUT2D eigenvalue weighted by Crippen LogP contribution is -2.30. The van der Waals surface area contributed by atoms with E-state index < -0.39 is 9.84 Å². The molecule has 2 rings (SSSR count). The Bertz CT molecular complexity index is 592. The van der Waals surface area contributed by atoms with Crippen LogP contribution in [0.2, 0.25) is 0 Å². The first-order chi connectivity index (χ1) is 9.97. The van der Waals surface area contributed by atoms with Crippen molar-refractivity contribution < 1.29 is 17.9 Å². The van der Waals surface area contributed by atoms with E-state index >= 15 is 0 Å². The number of piperidine rings is 1. The van der Waals surface area contributed by atoms with Crippen LogP contribution in [0.4, 0.5) is 0 Å². The number of sulfone groups is 1. The average molecular weight is 313 g/mol. The van der Waals surface area contributed by atoms with Gasteiger partial charge >= 0.3 is 0 Å². The zero-order chi connectivity index (χ0) is 15.5. The molecule has 5 nitrogen and oxygen atoms in total. The molecule has 1 atom stereocenters. The molecule has 0 saturated carbocycles. The smallest absolute Gasteiger partial charge is 0.179 e. The van der Waals surface area contributed by atoms with Gasteiger partial charge in [-0.25, -0.2) is 8.42 Å². The monoisotopic (exact) mass is 313 g/mol. The molecule has 1 aliphatic heterocycles. The Morgan fingerprint density at radius 3 is 2.48 bits per heavy atom. The summed E-state index contributed by atoms with van der Waals surface area (Å²) in [6.07, 6.45) is 4.38. The molecule has 118 valence electrons. The molecule has 0 spiro atoms. The van der Waals surface area contributed by atoms with Crippen LogP contribution in [0.5, 0.6) is 11.5 Å². The third-order valence-electron chi connectivity index (χ3n) is 3.87. The van der Waals surface area contributed by atoms with Gasteiger partial charge in [0, 0.05) is 6.26 Å². The first-order valence-electron chi connectivity index (χ1n) is 7.12. The molecule has 0 aromatic heterocycles. The predicted octanol–water partition coefficient (Wildman–Crippen LogP) is 1.65. The van der Waals surface area contributed by atoms with Gasteiger partial charge < -0.3 is 14.8 Å². The van der Waals surface area contributed by atoms with Gasteiger partial charge in [0.25, 0.3) is 0 Å². The highest BCUT2D eigenvalue weighted by Gasteiger charge is 2.23. The molecule has 0 radical (unpaired) electrons. The van der Waals surface area contributed by atoms with E-state index in [0.717, 1.165) is 25.1 Å². The van der Waals surface area contributed by atoms with Gasteiger partial charge in [0.05, 0.1) is 14.2 Å². The number of methoxy groups -OCH3 is 2. The van der Waals surface area contributed by atoms with E-state index in [2.05, 4.69) is 5.32 Å². The van der Waals surface area contributed by atoms with E-state index in [0.29, 0.717) is 17.4 Å². The second-order valence-electron chi connectivity index (χ2n) is 5.48. The molecular formula is C15H23NO4S. The van der Waals surface area contributed by atoms with Crippen LogP contribution in [-0.4, -0.2) is 42.0 Å². The molecule has 6 heteroatoms. The Kier molecular flexibility index (Phi) is 5.11. The fraction of sp³-hybridized carbons (Fsp3) is 0.600. The topological polar surface area (TPSA) is 64.6 Å². The lowest BCUT2D eigenvalue weighted by atomic mass is 9.92. The van der Waals surface area contributed by atoms with Gasteiger partial charge in [0.1, 0.15) is 4.90 Å². The van der Waals surface area contributed by atoms with Crippen molar-refractivity contribution in [3.8, 4) is 11.5 Å². The van der Waals surface area contributed by atoms with E-state index in [4.69, 9.17) is 9.47 Å². The Morgan fingerprint density at radius 1 is 1.24 bits per heavy atom. The summed E-state index contributed by atoms with van der Waals surface area (Å²) in [4.78, 5) is 0.173. The van der Waals surface area contributed by atoms with Crippen LogP contribution >= 0.6 is 0 Å². The first kappa shape index (κ1) is 16.1. The number of rotatable bonds is 5. The molecule has 0 aliphatic carbocycles. The number of hydrogen-bond donors (Lipinski definition) is 1. The molecule has 1 unspecified atom stereocenters. The standard InChI is InChI=1S/C15H23NO4S/c1-19-14-12(9-11-5-4-8-16-10-11)6-7-13(15(14)20-2)21(3,17)18/h6-7,11,16H,4-5,8-10H2,1-3H3. The second-order valence-corrected chi connectivity index (χ2v) is 7.46. The van der Waals surface area contributed by atoms with Gasteiger partial charge in [-0.1, -0.05) is 6.07 Å². The highest BCUT2D eigenvalue weighted by Crippen LogP contribution is 2.38. The molecule has 0 bridgehead atoms. The van der Waals surface area contributed by atoms with Crippen molar-refractivity contribution in [2.45, 2.75) is 24.2 Å². The van der Waals surface area contributed by atoms with Crippen LogP contribution < -0.4 is 14.8 Å². The lowest BCUT2D eigenvalue weighted by Gasteiger charge is -2.24. The first-order valence-corrected chi connectivity index (χ1v) is 9.01. The van der Waals surface area contributed by atoms with Gasteiger partial charge in [0.15, 0.2) is 21.3 Å². The van der Waals surface area contributed by atoms with Crippen molar-refractivity contribution in [2.24, 2.45) is 5.92 Å². The van der Waals surface area contributed by atoms with Crippen LogP contribution in [-0.2, 0) is 16.3 Å². The minimum Gasteiger partial charge on any atom is -0.493 e. The average Bonchev–Trinajstić information content (AvgIpc) is 2.46. The van der Waals surface area contributed by atoms with Crippen molar-refractivity contribution in [1.82, 2.24) is 5.32 Å². The molecule has 1 aromatic carbocycles. The van der Waals surface area contributed by atoms with Crippen LogP contribution in [0.15, 0.2) is 17.0 Å². The maximum Gasteiger partial charge on any atom is 0.179 e. The van der Waals surface area contributed by atoms with Gasteiger partial charge in [-0.15, -0.1) is 0 Å². The minimum absolute atomic E-state index is 0.173. The summed E-state index contributed by atoms with van der Waals surface area (Å²) in [5.41, 5.74) is 0.996. The molecule has 1 heterocycles. The van der Waals surface area contributed by atoms with E-state index in [9.17, 15) is 8.42 Å². The van der Waals surface area contributed by atoms with Crippen molar-refractivity contribution in [3.05, 3.63) is 17.7 Å². The molecular weight excluding hydrogens is 290 g/mol. The Hall–Kier alpha value is -1.27. The predicted molar refractivity (Wildman–Crippen MR) is 82.0 cm³/mol. The molecule has 1 aromatic rings. The van der Waals surface area contributed by atoms with Crippen LogP contribution in [0.1, 0.15) is 18.4 Å². The van der Waals surface area contributed by atoms with Crippen molar-refractivity contribution in [1.29, 1.82) is 0 Å². The summed E-state index contributed by atoms with van der Waals surface area (Å²) in [7, 11) is -0.326. The minimum atomic E-state index is -3.35. The summed E-state index contributed by atoms with van der Waals surface area (Å²) >= 11 is 0. The van der Waals surface area contributed by atoms with Gasteiger partial charge in [-0.2, -0.15) is 0 Å². The lowest BCUT2D eigenvalue weighted by molar-refractivity contribution is 0.334. The van der Waals surface area contributed by atoms with Gasteiger partial charge in [0.2, 0.25) is 0 Å². The van der Waals surface area contributed by atoms with Crippen LogP contribution in [0.25, 0.3) is 0 Å². The van der Waals surface area contributed by atoms with E-state index in [1.54, 1.807) is 13.2 Å². The van der Waals surface area contributed by atoms with Crippen molar-refractivity contribution in [3.63, 3.8) is 0 Å². The zero-order valence-electron chi connectivity index (χ0n) is 12.8. The molecule has 1 saturated heterocycles. The molecule has 1 fully saturated rings. The fourth-order valence-electron chi connectivity index (χ4n) is 2.86. The Labute approximate surface area is 126 Å². The number of hydrogen-bond acceptors (Lipinski definition) is 5. The number of benzene rings is 1. The summed E-state index contributed by atoms with van der Waals surface area (Å²) < 4.78 is 34.4. The van der Waals surface area contributed by atoms with E-state index in [1.807, 2.05) is 6.07 Å². The third-order valence-corrected chi connectivity index (χ3v) is 4.99. The maximum absolute atomic E-state index is 11.8. The second kappa shape index (κ2) is 6.66. The Morgan fingerprint density at radius 2 is 1.95 bits per heavy atom. The maximum atomic E-state index is 11.8. The molecule has 0 amide bonds. The van der Waals surface area contributed by atoms with E-state index in [-0.39, 0.29) is 4.90 Å². The number of nitrogens with one attached hydrogen (secondary N) is 1. The van der Waals surface area contributed by atoms with Crippen LogP contribution in [0, 0.1) is 5.92 Å². The van der Waals surface area contributed by atoms with Gasteiger partial charge in [-0.3, -0.25) is 0 Å². The van der Waals surface area contributed by atoms with Crippen molar-refractivity contribution in [2.75, 3.05) is 33.6 Å². The highest BCUT2D eigenvalue weighted by atomic mass is 32.2.